The Morgan fingerprint density at radius 1 is 1.29 bits per heavy atom. The molecule has 1 N–H and O–H groups in total. The molecule has 0 aromatic heterocycles. The molecule has 21 heavy (non-hydrogen) atoms. The third-order valence-electron chi connectivity index (χ3n) is 2.82. The predicted octanol–water partition coefficient (Wildman–Crippen LogP) is 4.39. The Kier molecular flexibility index (Phi) is 5.09. The Bertz CT molecular complexity index is 673. The summed E-state index contributed by atoms with van der Waals surface area (Å²) in [5, 5.41) is 9.71. The first-order valence-corrected chi connectivity index (χ1v) is 7.16. The van der Waals surface area contributed by atoms with Crippen molar-refractivity contribution in [3.05, 3.63) is 57.0 Å². The lowest BCUT2D eigenvalue weighted by Gasteiger charge is -2.12. The molecule has 6 heteroatoms. The van der Waals surface area contributed by atoms with Crippen LogP contribution < -0.4 is 9.47 Å². The van der Waals surface area contributed by atoms with Crippen LogP contribution in [0, 0.1) is 0 Å². The fourth-order valence-corrected chi connectivity index (χ4v) is 2.45. The van der Waals surface area contributed by atoms with E-state index < -0.39 is 5.97 Å². The highest BCUT2D eigenvalue weighted by Crippen LogP contribution is 2.27. The van der Waals surface area contributed by atoms with E-state index in [1.807, 2.05) is 12.1 Å². The molecule has 0 atom stereocenters. The average Bonchev–Trinajstić information content (AvgIpc) is 2.45. The van der Waals surface area contributed by atoms with E-state index in [9.17, 15) is 4.79 Å². The zero-order chi connectivity index (χ0) is 15.4. The van der Waals surface area contributed by atoms with Crippen LogP contribution in [-0.4, -0.2) is 18.2 Å². The number of methoxy groups -OCH3 is 1. The van der Waals surface area contributed by atoms with Crippen LogP contribution in [0.3, 0.4) is 0 Å². The number of carbonyl (C=O) groups is 1. The topological polar surface area (TPSA) is 55.8 Å². The number of aromatic carboxylic acids is 1. The summed E-state index contributed by atoms with van der Waals surface area (Å²) >= 11 is 9.43. The van der Waals surface area contributed by atoms with Crippen LogP contribution in [0.5, 0.6) is 11.5 Å². The van der Waals surface area contributed by atoms with Crippen molar-refractivity contribution < 1.29 is 19.4 Å². The van der Waals surface area contributed by atoms with E-state index in [0.29, 0.717) is 10.8 Å². The highest BCUT2D eigenvalue weighted by Gasteiger charge is 2.13. The minimum Gasteiger partial charge on any atom is -0.497 e. The summed E-state index contributed by atoms with van der Waals surface area (Å²) in [5.74, 6) is -0.299. The Morgan fingerprint density at radius 2 is 2.05 bits per heavy atom. The summed E-state index contributed by atoms with van der Waals surface area (Å²) in [6.45, 7) is 0.166. The maximum atomic E-state index is 11.2. The van der Waals surface area contributed by atoms with Gasteiger partial charge in [0, 0.05) is 21.1 Å². The number of halogens is 2. The molecule has 0 spiro atoms. The zero-order valence-corrected chi connectivity index (χ0v) is 13.4. The van der Waals surface area contributed by atoms with Crippen LogP contribution >= 0.6 is 27.5 Å². The van der Waals surface area contributed by atoms with Crippen LogP contribution in [-0.2, 0) is 6.61 Å². The van der Waals surface area contributed by atoms with Crippen LogP contribution in [0.25, 0.3) is 0 Å². The Hall–Kier alpha value is -1.72. The second kappa shape index (κ2) is 6.83. The highest BCUT2D eigenvalue weighted by atomic mass is 79.9. The number of carboxylic acid groups (broad SMARTS) is 1. The molecule has 0 aliphatic rings. The average molecular weight is 372 g/mol. The first-order chi connectivity index (χ1) is 10.0. The molecular formula is C15H12BrClO4. The quantitative estimate of drug-likeness (QED) is 0.847. The van der Waals surface area contributed by atoms with Gasteiger partial charge in [-0.1, -0.05) is 33.6 Å². The van der Waals surface area contributed by atoms with Crippen LogP contribution in [0.1, 0.15) is 15.9 Å². The summed E-state index contributed by atoms with van der Waals surface area (Å²) < 4.78 is 11.5. The van der Waals surface area contributed by atoms with E-state index in [4.69, 9.17) is 26.2 Å². The molecule has 0 saturated heterocycles. The van der Waals surface area contributed by atoms with Gasteiger partial charge < -0.3 is 14.6 Å². The minimum atomic E-state index is -1.06. The maximum absolute atomic E-state index is 11.2. The third-order valence-corrected chi connectivity index (χ3v) is 3.66. The molecular weight excluding hydrogens is 360 g/mol. The van der Waals surface area contributed by atoms with Gasteiger partial charge in [-0.15, -0.1) is 0 Å². The molecule has 0 unspecified atom stereocenters. The van der Waals surface area contributed by atoms with Gasteiger partial charge in [0.1, 0.15) is 23.7 Å². The smallest absolute Gasteiger partial charge is 0.339 e. The summed E-state index contributed by atoms with van der Waals surface area (Å²) in [4.78, 5) is 11.2. The predicted molar refractivity (Wildman–Crippen MR) is 83.4 cm³/mol. The first-order valence-electron chi connectivity index (χ1n) is 5.99. The maximum Gasteiger partial charge on any atom is 0.339 e. The number of carboxylic acids is 1. The minimum absolute atomic E-state index is 0.0732. The molecule has 2 aromatic rings. The molecule has 2 aromatic carbocycles. The normalized spacial score (nSPS) is 10.2. The molecule has 0 amide bonds. The molecule has 0 fully saturated rings. The molecule has 2 rings (SSSR count). The summed E-state index contributed by atoms with van der Waals surface area (Å²) in [6, 6.07) is 9.96. The first kappa shape index (κ1) is 15.7. The second-order valence-corrected chi connectivity index (χ2v) is 5.51. The van der Waals surface area contributed by atoms with Gasteiger partial charge in [0.05, 0.1) is 7.11 Å². The van der Waals surface area contributed by atoms with Crippen molar-refractivity contribution in [3.63, 3.8) is 0 Å². The molecule has 0 aliphatic carbocycles. The van der Waals surface area contributed by atoms with Gasteiger partial charge in [-0.25, -0.2) is 4.79 Å². The van der Waals surface area contributed by atoms with Crippen molar-refractivity contribution in [1.29, 1.82) is 0 Å². The summed E-state index contributed by atoms with van der Waals surface area (Å²) in [5.41, 5.74) is 0.836. The largest absolute Gasteiger partial charge is 0.497 e. The lowest BCUT2D eigenvalue weighted by Crippen LogP contribution is -2.04. The van der Waals surface area contributed by atoms with Gasteiger partial charge in [0.15, 0.2) is 0 Å². The fraction of sp³-hybridized carbons (Fsp3) is 0.133. The van der Waals surface area contributed by atoms with Gasteiger partial charge in [0.25, 0.3) is 0 Å². The summed E-state index contributed by atoms with van der Waals surface area (Å²) in [6.07, 6.45) is 0. The van der Waals surface area contributed by atoms with E-state index in [-0.39, 0.29) is 17.9 Å². The molecule has 0 heterocycles. The summed E-state index contributed by atoms with van der Waals surface area (Å²) in [7, 11) is 1.51. The van der Waals surface area contributed by atoms with Crippen molar-refractivity contribution in [1.82, 2.24) is 0 Å². The highest BCUT2D eigenvalue weighted by molar-refractivity contribution is 9.10. The van der Waals surface area contributed by atoms with Crippen molar-refractivity contribution in [2.24, 2.45) is 0 Å². The second-order valence-electron chi connectivity index (χ2n) is 4.19. The zero-order valence-electron chi connectivity index (χ0n) is 11.1. The number of hydrogen-bond donors (Lipinski definition) is 1. The van der Waals surface area contributed by atoms with Crippen molar-refractivity contribution >= 4 is 33.5 Å². The Balaban J connectivity index is 2.24. The molecule has 0 bridgehead atoms. The number of hydrogen-bond acceptors (Lipinski definition) is 3. The third kappa shape index (κ3) is 3.89. The Labute approximate surface area is 135 Å². The van der Waals surface area contributed by atoms with Crippen molar-refractivity contribution in [3.8, 4) is 11.5 Å². The van der Waals surface area contributed by atoms with E-state index in [0.717, 1.165) is 10.0 Å². The lowest BCUT2D eigenvalue weighted by atomic mass is 10.2. The standard InChI is InChI=1S/C15H12BrClO4/c1-20-11-4-5-12(15(18)19)14(7-11)21-8-9-2-3-10(16)6-13(9)17/h2-7H,8H2,1H3,(H,18,19). The molecule has 110 valence electrons. The molecule has 0 saturated carbocycles. The monoisotopic (exact) mass is 370 g/mol. The number of ether oxygens (including phenoxy) is 2. The van der Waals surface area contributed by atoms with Gasteiger partial charge >= 0.3 is 5.97 Å². The van der Waals surface area contributed by atoms with Crippen LogP contribution in [0.15, 0.2) is 40.9 Å². The van der Waals surface area contributed by atoms with Crippen LogP contribution in [0.2, 0.25) is 5.02 Å². The number of benzene rings is 2. The van der Waals surface area contributed by atoms with Gasteiger partial charge in [-0.05, 0) is 24.3 Å². The van der Waals surface area contributed by atoms with E-state index >= 15 is 0 Å². The molecule has 0 aliphatic heterocycles. The van der Waals surface area contributed by atoms with E-state index in [2.05, 4.69) is 15.9 Å². The Morgan fingerprint density at radius 3 is 2.67 bits per heavy atom. The van der Waals surface area contributed by atoms with Gasteiger partial charge in [0.2, 0.25) is 0 Å². The molecule has 0 radical (unpaired) electrons. The SMILES string of the molecule is COc1ccc(C(=O)O)c(OCc2ccc(Br)cc2Cl)c1. The lowest BCUT2D eigenvalue weighted by molar-refractivity contribution is 0.0691. The number of rotatable bonds is 5. The molecule has 4 nitrogen and oxygen atoms in total. The van der Waals surface area contributed by atoms with Gasteiger partial charge in [-0.3, -0.25) is 0 Å². The van der Waals surface area contributed by atoms with Crippen molar-refractivity contribution in [2.45, 2.75) is 6.61 Å². The van der Waals surface area contributed by atoms with Crippen LogP contribution in [0.4, 0.5) is 0 Å². The van der Waals surface area contributed by atoms with Crippen molar-refractivity contribution in [2.75, 3.05) is 7.11 Å². The van der Waals surface area contributed by atoms with Gasteiger partial charge in [-0.2, -0.15) is 0 Å². The fourth-order valence-electron chi connectivity index (χ4n) is 1.72. The van der Waals surface area contributed by atoms with E-state index in [1.165, 1.54) is 19.2 Å². The van der Waals surface area contributed by atoms with E-state index in [1.54, 1.807) is 12.1 Å².